The Kier molecular flexibility index (Phi) is 5.60. The van der Waals surface area contributed by atoms with E-state index in [0.29, 0.717) is 20.1 Å². The maximum absolute atomic E-state index is 12.1. The lowest BCUT2D eigenvalue weighted by Crippen LogP contribution is -2.22. The van der Waals surface area contributed by atoms with Gasteiger partial charge >= 0.3 is 12.1 Å². The van der Waals surface area contributed by atoms with Crippen molar-refractivity contribution >= 4 is 43.9 Å². The summed E-state index contributed by atoms with van der Waals surface area (Å²) in [5.41, 5.74) is 4.37. The average Bonchev–Trinajstić information content (AvgIpc) is 3.10. The van der Waals surface area contributed by atoms with Crippen LogP contribution in [0.5, 0.6) is 0 Å². The molecule has 1 amide bonds. The SMILES string of the molecule is COC(=O)C(O)c1c(Br)c2c(c(Br)c1-c1ccc(C)cc1)CN(C(=O)O)C2. The number of methoxy groups -OCH3 is 1. The zero-order chi connectivity index (χ0) is 19.9. The van der Waals surface area contributed by atoms with E-state index in [-0.39, 0.29) is 13.1 Å². The topological polar surface area (TPSA) is 87.1 Å². The number of esters is 1. The summed E-state index contributed by atoms with van der Waals surface area (Å²) >= 11 is 7.08. The van der Waals surface area contributed by atoms with E-state index < -0.39 is 18.2 Å². The molecule has 1 unspecified atom stereocenters. The fraction of sp³-hybridized carbons (Fsp3) is 0.263. The van der Waals surface area contributed by atoms with Crippen molar-refractivity contribution in [3.05, 3.63) is 55.5 Å². The van der Waals surface area contributed by atoms with Gasteiger partial charge in [0.1, 0.15) is 0 Å². The molecule has 0 radical (unpaired) electrons. The van der Waals surface area contributed by atoms with Crippen LogP contribution < -0.4 is 0 Å². The third-order valence-corrected chi connectivity index (χ3v) is 6.41. The first-order valence-electron chi connectivity index (χ1n) is 8.09. The summed E-state index contributed by atoms with van der Waals surface area (Å²) in [6.45, 7) is 2.35. The van der Waals surface area contributed by atoms with Gasteiger partial charge in [-0.25, -0.2) is 9.59 Å². The molecule has 0 aromatic heterocycles. The maximum Gasteiger partial charge on any atom is 0.407 e. The zero-order valence-electron chi connectivity index (χ0n) is 14.6. The van der Waals surface area contributed by atoms with Crippen LogP contribution in [0.1, 0.15) is 28.4 Å². The second-order valence-corrected chi connectivity index (χ2v) is 7.89. The number of carbonyl (C=O) groups is 2. The molecule has 1 aliphatic heterocycles. The lowest BCUT2D eigenvalue weighted by Gasteiger charge is -2.21. The minimum Gasteiger partial charge on any atom is -0.467 e. The number of aliphatic hydroxyl groups is 1. The number of fused-ring (bicyclic) bond motifs is 1. The van der Waals surface area contributed by atoms with Crippen molar-refractivity contribution in [1.82, 2.24) is 4.90 Å². The molecule has 1 heterocycles. The van der Waals surface area contributed by atoms with Crippen molar-refractivity contribution in [1.29, 1.82) is 0 Å². The minimum absolute atomic E-state index is 0.166. The van der Waals surface area contributed by atoms with Crippen LogP contribution in [0, 0.1) is 6.92 Å². The van der Waals surface area contributed by atoms with Gasteiger partial charge in [-0.15, -0.1) is 0 Å². The number of aryl methyl sites for hydroxylation is 1. The summed E-state index contributed by atoms with van der Waals surface area (Å²) < 4.78 is 5.89. The first-order chi connectivity index (χ1) is 12.8. The van der Waals surface area contributed by atoms with E-state index in [9.17, 15) is 19.8 Å². The zero-order valence-corrected chi connectivity index (χ0v) is 17.8. The molecule has 2 aromatic carbocycles. The van der Waals surface area contributed by atoms with Crippen LogP contribution >= 0.6 is 31.9 Å². The second kappa shape index (κ2) is 7.61. The number of amides is 1. The molecule has 0 saturated heterocycles. The van der Waals surface area contributed by atoms with Crippen LogP contribution in [0.25, 0.3) is 11.1 Å². The third-order valence-electron chi connectivity index (χ3n) is 4.63. The number of benzene rings is 2. The molecule has 8 heteroatoms. The molecule has 142 valence electrons. The standard InChI is InChI=1S/C19H17Br2NO5/c1-9-3-5-10(6-4-9)13-14(17(23)18(24)27-2)16(21)12-8-22(19(25)26)7-11(12)15(13)20/h3-6,17,23H,7-8H2,1-2H3,(H,25,26). The molecule has 1 atom stereocenters. The molecule has 0 aliphatic carbocycles. The normalized spacial score (nSPS) is 14.0. The molecular formula is C19H17Br2NO5. The van der Waals surface area contributed by atoms with E-state index in [1.54, 1.807) is 0 Å². The van der Waals surface area contributed by atoms with E-state index in [0.717, 1.165) is 22.3 Å². The number of hydrogen-bond acceptors (Lipinski definition) is 4. The van der Waals surface area contributed by atoms with E-state index in [2.05, 4.69) is 31.9 Å². The smallest absolute Gasteiger partial charge is 0.407 e. The summed E-state index contributed by atoms with van der Waals surface area (Å²) in [6.07, 6.45) is -2.54. The van der Waals surface area contributed by atoms with Crippen LogP contribution in [0.15, 0.2) is 33.2 Å². The highest BCUT2D eigenvalue weighted by atomic mass is 79.9. The number of hydrogen-bond donors (Lipinski definition) is 2. The van der Waals surface area contributed by atoms with Gasteiger partial charge in [0, 0.05) is 20.1 Å². The molecule has 2 aromatic rings. The number of aliphatic hydroxyl groups excluding tert-OH is 1. The molecule has 6 nitrogen and oxygen atoms in total. The minimum atomic E-state index is -1.51. The molecule has 0 spiro atoms. The molecule has 0 bridgehead atoms. The summed E-state index contributed by atoms with van der Waals surface area (Å²) in [4.78, 5) is 24.8. The second-order valence-electron chi connectivity index (χ2n) is 6.30. The summed E-state index contributed by atoms with van der Waals surface area (Å²) in [7, 11) is 1.21. The quantitative estimate of drug-likeness (QED) is 0.613. The fourth-order valence-electron chi connectivity index (χ4n) is 3.20. The Hall–Kier alpha value is -1.90. The van der Waals surface area contributed by atoms with Gasteiger partial charge in [-0.3, -0.25) is 4.90 Å². The lowest BCUT2D eigenvalue weighted by atomic mass is 9.91. The van der Waals surface area contributed by atoms with Crippen molar-refractivity contribution in [3.8, 4) is 11.1 Å². The molecule has 3 rings (SSSR count). The summed E-state index contributed by atoms with van der Waals surface area (Å²) in [5.74, 6) is -0.788. The predicted molar refractivity (Wildman–Crippen MR) is 106 cm³/mol. The van der Waals surface area contributed by atoms with E-state index in [1.807, 2.05) is 31.2 Å². The molecular weight excluding hydrogens is 482 g/mol. The van der Waals surface area contributed by atoms with Gasteiger partial charge in [-0.05, 0) is 39.5 Å². The van der Waals surface area contributed by atoms with E-state index >= 15 is 0 Å². The van der Waals surface area contributed by atoms with Crippen LogP contribution in [0.2, 0.25) is 0 Å². The van der Waals surface area contributed by atoms with Crippen molar-refractivity contribution < 1.29 is 24.5 Å². The highest BCUT2D eigenvalue weighted by Gasteiger charge is 2.35. The first kappa shape index (κ1) is 19.9. The Balaban J connectivity index is 2.29. The van der Waals surface area contributed by atoms with Gasteiger partial charge < -0.3 is 14.9 Å². The van der Waals surface area contributed by atoms with Gasteiger partial charge in [-0.2, -0.15) is 0 Å². The third kappa shape index (κ3) is 3.49. The molecule has 0 fully saturated rings. The number of carbonyl (C=O) groups excluding carboxylic acids is 1. The van der Waals surface area contributed by atoms with Crippen LogP contribution in [0.3, 0.4) is 0 Å². The molecule has 27 heavy (non-hydrogen) atoms. The van der Waals surface area contributed by atoms with Gasteiger partial charge in [0.05, 0.1) is 20.2 Å². The Morgan fingerprint density at radius 2 is 1.67 bits per heavy atom. The van der Waals surface area contributed by atoms with Gasteiger partial charge in [0.15, 0.2) is 6.10 Å². The number of nitrogens with zero attached hydrogens (tertiary/aromatic N) is 1. The average molecular weight is 499 g/mol. The predicted octanol–water partition coefficient (Wildman–Crippen LogP) is 4.39. The first-order valence-corrected chi connectivity index (χ1v) is 9.68. The lowest BCUT2D eigenvalue weighted by molar-refractivity contribution is -0.150. The molecule has 2 N–H and O–H groups in total. The Morgan fingerprint density at radius 1 is 1.11 bits per heavy atom. The fourth-order valence-corrected chi connectivity index (χ4v) is 4.78. The maximum atomic E-state index is 12.1. The Labute approximate surface area is 173 Å². The Morgan fingerprint density at radius 3 is 2.19 bits per heavy atom. The number of rotatable bonds is 3. The van der Waals surface area contributed by atoms with E-state index in [4.69, 9.17) is 4.74 Å². The summed E-state index contributed by atoms with van der Waals surface area (Å²) in [6, 6.07) is 7.65. The van der Waals surface area contributed by atoms with E-state index in [1.165, 1.54) is 12.0 Å². The molecule has 0 saturated carbocycles. The van der Waals surface area contributed by atoms with Crippen molar-refractivity contribution in [2.24, 2.45) is 0 Å². The summed E-state index contributed by atoms with van der Waals surface area (Å²) in [5, 5.41) is 20.0. The largest absolute Gasteiger partial charge is 0.467 e. The van der Waals surface area contributed by atoms with Crippen LogP contribution in [-0.4, -0.2) is 34.3 Å². The number of ether oxygens (including phenoxy) is 1. The number of halogens is 2. The van der Waals surface area contributed by atoms with Crippen LogP contribution in [-0.2, 0) is 22.6 Å². The van der Waals surface area contributed by atoms with Gasteiger partial charge in [-0.1, -0.05) is 45.8 Å². The van der Waals surface area contributed by atoms with Gasteiger partial charge in [0.2, 0.25) is 0 Å². The highest BCUT2D eigenvalue weighted by molar-refractivity contribution is 9.11. The van der Waals surface area contributed by atoms with Crippen LogP contribution in [0.4, 0.5) is 4.79 Å². The molecule has 1 aliphatic rings. The van der Waals surface area contributed by atoms with Gasteiger partial charge in [0.25, 0.3) is 0 Å². The monoisotopic (exact) mass is 497 g/mol. The highest BCUT2D eigenvalue weighted by Crippen LogP contribution is 2.47. The number of carboxylic acid groups (broad SMARTS) is 1. The van der Waals surface area contributed by atoms with Crippen molar-refractivity contribution in [2.75, 3.05) is 7.11 Å². The van der Waals surface area contributed by atoms with Crippen molar-refractivity contribution in [2.45, 2.75) is 26.1 Å². The Bertz CT molecular complexity index is 927. The van der Waals surface area contributed by atoms with Crippen molar-refractivity contribution in [3.63, 3.8) is 0 Å².